The Balaban J connectivity index is 1.87. The normalized spacial score (nSPS) is 12.5. The molecular weight excluding hydrogens is 316 g/mol. The Labute approximate surface area is 126 Å². The van der Waals surface area contributed by atoms with Gasteiger partial charge in [0.1, 0.15) is 11.3 Å². The van der Waals surface area contributed by atoms with E-state index in [2.05, 4.69) is 34.1 Å². The number of hydrogen-bond donors (Lipinski definition) is 0. The van der Waals surface area contributed by atoms with Crippen molar-refractivity contribution in [3.63, 3.8) is 0 Å². The second-order valence-electron chi connectivity index (χ2n) is 4.71. The van der Waals surface area contributed by atoms with Crippen LogP contribution in [0.3, 0.4) is 0 Å². The second kappa shape index (κ2) is 5.71. The van der Waals surface area contributed by atoms with Crippen molar-refractivity contribution < 1.29 is 9.15 Å². The number of benzene rings is 2. The third-order valence-corrected chi connectivity index (χ3v) is 4.21. The van der Waals surface area contributed by atoms with Crippen molar-refractivity contribution in [3.8, 4) is 5.75 Å². The zero-order valence-corrected chi connectivity index (χ0v) is 12.8. The Bertz CT molecular complexity index is 718. The lowest BCUT2D eigenvalue weighted by molar-refractivity contribution is 0.414. The zero-order chi connectivity index (χ0) is 13.9. The molecule has 102 valence electrons. The number of fused-ring (bicyclic) bond motifs is 1. The summed E-state index contributed by atoms with van der Waals surface area (Å²) in [6.45, 7) is 0. The van der Waals surface area contributed by atoms with Gasteiger partial charge >= 0.3 is 0 Å². The Morgan fingerprint density at radius 3 is 2.85 bits per heavy atom. The van der Waals surface area contributed by atoms with Crippen LogP contribution < -0.4 is 4.74 Å². The smallest absolute Gasteiger partial charge is 0.134 e. The Hall–Kier alpha value is -1.74. The van der Waals surface area contributed by atoms with Crippen LogP contribution in [0.4, 0.5) is 0 Å². The third-order valence-electron chi connectivity index (χ3n) is 3.40. The molecule has 0 saturated carbocycles. The minimum absolute atomic E-state index is 0.221. The largest absolute Gasteiger partial charge is 0.497 e. The molecule has 2 nitrogen and oxygen atoms in total. The molecule has 0 saturated heterocycles. The minimum Gasteiger partial charge on any atom is -0.497 e. The highest BCUT2D eigenvalue weighted by molar-refractivity contribution is 9.09. The van der Waals surface area contributed by atoms with Crippen molar-refractivity contribution in [2.75, 3.05) is 7.11 Å². The highest BCUT2D eigenvalue weighted by atomic mass is 79.9. The molecule has 0 amide bonds. The van der Waals surface area contributed by atoms with Crippen LogP contribution in [0.1, 0.15) is 16.0 Å². The molecule has 3 aromatic rings. The van der Waals surface area contributed by atoms with Gasteiger partial charge in [0.2, 0.25) is 0 Å². The van der Waals surface area contributed by atoms with Crippen molar-refractivity contribution in [3.05, 3.63) is 65.9 Å². The van der Waals surface area contributed by atoms with Crippen molar-refractivity contribution >= 4 is 26.9 Å². The summed E-state index contributed by atoms with van der Waals surface area (Å²) in [6, 6.07) is 16.3. The number of para-hydroxylation sites is 1. The molecule has 0 radical (unpaired) electrons. The van der Waals surface area contributed by atoms with E-state index in [0.29, 0.717) is 0 Å². The van der Waals surface area contributed by atoms with Gasteiger partial charge in [-0.2, -0.15) is 0 Å². The first-order valence-corrected chi connectivity index (χ1v) is 7.42. The predicted molar refractivity (Wildman–Crippen MR) is 84.6 cm³/mol. The average molecular weight is 331 g/mol. The highest BCUT2D eigenvalue weighted by Gasteiger charge is 2.14. The Morgan fingerprint density at radius 2 is 2.00 bits per heavy atom. The summed E-state index contributed by atoms with van der Waals surface area (Å²) < 4.78 is 10.9. The maximum Gasteiger partial charge on any atom is 0.134 e. The van der Waals surface area contributed by atoms with Crippen LogP contribution in [0.25, 0.3) is 11.0 Å². The number of halogens is 1. The molecule has 1 unspecified atom stereocenters. The van der Waals surface area contributed by atoms with Crippen LogP contribution in [0.15, 0.2) is 59.2 Å². The van der Waals surface area contributed by atoms with E-state index >= 15 is 0 Å². The van der Waals surface area contributed by atoms with Crippen molar-refractivity contribution in [1.29, 1.82) is 0 Å². The van der Waals surface area contributed by atoms with Gasteiger partial charge in [-0.1, -0.05) is 46.3 Å². The first kappa shape index (κ1) is 13.3. The van der Waals surface area contributed by atoms with Crippen LogP contribution >= 0.6 is 15.9 Å². The third kappa shape index (κ3) is 2.59. The fourth-order valence-electron chi connectivity index (χ4n) is 2.36. The summed E-state index contributed by atoms with van der Waals surface area (Å²) in [7, 11) is 1.69. The van der Waals surface area contributed by atoms with Gasteiger partial charge in [-0.25, -0.2) is 0 Å². The first-order chi connectivity index (χ1) is 9.78. The molecule has 2 aromatic carbocycles. The number of hydrogen-bond acceptors (Lipinski definition) is 2. The fourth-order valence-corrected chi connectivity index (χ4v) is 3.09. The molecule has 20 heavy (non-hydrogen) atoms. The van der Waals surface area contributed by atoms with Crippen molar-refractivity contribution in [2.24, 2.45) is 0 Å². The molecule has 3 rings (SSSR count). The molecule has 0 fully saturated rings. The van der Waals surface area contributed by atoms with Gasteiger partial charge in [-0.3, -0.25) is 0 Å². The van der Waals surface area contributed by atoms with Crippen molar-refractivity contribution in [2.45, 2.75) is 11.2 Å². The van der Waals surface area contributed by atoms with Crippen LogP contribution in [-0.4, -0.2) is 7.11 Å². The molecule has 0 aliphatic carbocycles. The lowest BCUT2D eigenvalue weighted by atomic mass is 10.0. The number of ether oxygens (including phenoxy) is 1. The molecule has 1 aromatic heterocycles. The van der Waals surface area contributed by atoms with Gasteiger partial charge in [0.25, 0.3) is 0 Å². The summed E-state index contributed by atoms with van der Waals surface area (Å²) in [5.41, 5.74) is 3.34. The van der Waals surface area contributed by atoms with E-state index in [0.717, 1.165) is 23.1 Å². The van der Waals surface area contributed by atoms with E-state index in [-0.39, 0.29) is 4.83 Å². The summed E-state index contributed by atoms with van der Waals surface area (Å²) in [5.74, 6) is 0.888. The molecule has 0 aliphatic rings. The lowest BCUT2D eigenvalue weighted by Crippen LogP contribution is -1.95. The van der Waals surface area contributed by atoms with Crippen LogP contribution in [0.5, 0.6) is 5.75 Å². The van der Waals surface area contributed by atoms with E-state index in [4.69, 9.17) is 9.15 Å². The van der Waals surface area contributed by atoms with E-state index in [1.807, 2.05) is 36.6 Å². The van der Waals surface area contributed by atoms with E-state index in [1.54, 1.807) is 7.11 Å². The second-order valence-corrected chi connectivity index (χ2v) is 5.82. The fraction of sp³-hybridized carbons (Fsp3) is 0.176. The maximum atomic E-state index is 5.60. The molecule has 1 atom stereocenters. The van der Waals surface area contributed by atoms with Gasteiger partial charge in [0, 0.05) is 15.8 Å². The van der Waals surface area contributed by atoms with Gasteiger partial charge in [-0.15, -0.1) is 0 Å². The summed E-state index contributed by atoms with van der Waals surface area (Å²) in [5, 5.41) is 1.16. The van der Waals surface area contributed by atoms with Gasteiger partial charge < -0.3 is 9.15 Å². The molecule has 1 heterocycles. The monoisotopic (exact) mass is 330 g/mol. The predicted octanol–water partition coefficient (Wildman–Crippen LogP) is 5.12. The van der Waals surface area contributed by atoms with Gasteiger partial charge in [0.05, 0.1) is 13.4 Å². The maximum absolute atomic E-state index is 5.60. The SMILES string of the molecule is COc1cccc(CC(Br)c2coc3ccccc23)c1. The number of alkyl halides is 1. The lowest BCUT2D eigenvalue weighted by Gasteiger charge is -2.09. The van der Waals surface area contributed by atoms with Gasteiger partial charge in [-0.05, 0) is 30.2 Å². The standard InChI is InChI=1S/C17H15BrO2/c1-19-13-6-4-5-12(9-13)10-16(18)15-11-20-17-8-3-2-7-14(15)17/h2-9,11,16H,10H2,1H3. The van der Waals surface area contributed by atoms with E-state index in [1.165, 1.54) is 11.1 Å². The van der Waals surface area contributed by atoms with Crippen molar-refractivity contribution in [1.82, 2.24) is 0 Å². The average Bonchev–Trinajstić information content (AvgIpc) is 2.91. The summed E-state index contributed by atoms with van der Waals surface area (Å²) >= 11 is 3.77. The highest BCUT2D eigenvalue weighted by Crippen LogP contribution is 2.34. The van der Waals surface area contributed by atoms with Crippen LogP contribution in [0, 0.1) is 0 Å². The molecular formula is C17H15BrO2. The summed E-state index contributed by atoms with van der Waals surface area (Å²) in [6.07, 6.45) is 2.73. The number of rotatable bonds is 4. The first-order valence-electron chi connectivity index (χ1n) is 6.51. The number of methoxy groups -OCH3 is 1. The molecule has 0 spiro atoms. The van der Waals surface area contributed by atoms with Gasteiger partial charge in [0.15, 0.2) is 0 Å². The Morgan fingerprint density at radius 1 is 1.15 bits per heavy atom. The van der Waals surface area contributed by atoms with Crippen LogP contribution in [-0.2, 0) is 6.42 Å². The zero-order valence-electron chi connectivity index (χ0n) is 11.2. The van der Waals surface area contributed by atoms with Crippen LogP contribution in [0.2, 0.25) is 0 Å². The minimum atomic E-state index is 0.221. The van der Waals surface area contributed by atoms with E-state index in [9.17, 15) is 0 Å². The molecule has 0 N–H and O–H groups in total. The Kier molecular flexibility index (Phi) is 3.79. The topological polar surface area (TPSA) is 22.4 Å². The summed E-state index contributed by atoms with van der Waals surface area (Å²) in [4.78, 5) is 0.221. The molecule has 0 bridgehead atoms. The molecule has 3 heteroatoms. The number of furan rings is 1. The van der Waals surface area contributed by atoms with E-state index < -0.39 is 0 Å². The molecule has 0 aliphatic heterocycles. The quantitative estimate of drug-likeness (QED) is 0.619.